The molecule has 0 aromatic carbocycles. The molecule has 1 unspecified atom stereocenters. The second-order valence-corrected chi connectivity index (χ2v) is 6.44. The molecule has 0 aromatic rings. The van der Waals surface area contributed by atoms with Gasteiger partial charge in [-0.25, -0.2) is 0 Å². The number of hydrogen-bond acceptors (Lipinski definition) is 2. The predicted octanol–water partition coefficient (Wildman–Crippen LogP) is 5.67. The van der Waals surface area contributed by atoms with E-state index >= 15 is 0 Å². The first-order chi connectivity index (χ1) is 10.3. The summed E-state index contributed by atoms with van der Waals surface area (Å²) in [7, 11) is 0. The molecule has 0 amide bonds. The van der Waals surface area contributed by atoms with Crippen LogP contribution in [-0.4, -0.2) is 18.0 Å². The molecule has 2 heteroatoms. The highest BCUT2D eigenvalue weighted by Gasteiger charge is 2.06. The first-order valence-corrected chi connectivity index (χ1v) is 9.41. The van der Waals surface area contributed by atoms with Crippen LogP contribution in [0.25, 0.3) is 0 Å². The summed E-state index contributed by atoms with van der Waals surface area (Å²) in [5.41, 5.74) is 0. The molecule has 0 saturated carbocycles. The molecule has 0 aromatic heterocycles. The smallest absolute Gasteiger partial charge is 0.123 e. The molecule has 0 saturated heterocycles. The molecule has 0 aliphatic heterocycles. The van der Waals surface area contributed by atoms with E-state index in [1.54, 1.807) is 0 Å². The van der Waals surface area contributed by atoms with Gasteiger partial charge in [-0.2, -0.15) is 0 Å². The van der Waals surface area contributed by atoms with Crippen LogP contribution >= 0.6 is 0 Å². The van der Waals surface area contributed by atoms with Crippen molar-refractivity contribution in [2.45, 2.75) is 103 Å². The molecule has 0 aliphatic carbocycles. The van der Waals surface area contributed by atoms with Crippen molar-refractivity contribution in [2.24, 2.45) is 5.92 Å². The van der Waals surface area contributed by atoms with Crippen LogP contribution in [0, 0.1) is 5.92 Å². The highest BCUT2D eigenvalue weighted by molar-refractivity contribution is 5.53. The number of aliphatic hydroxyl groups excluding tert-OH is 1. The minimum Gasteiger partial charge on any atom is -0.396 e. The predicted molar refractivity (Wildman–Crippen MR) is 91.6 cm³/mol. The van der Waals surface area contributed by atoms with Gasteiger partial charge in [-0.05, 0) is 19.3 Å². The van der Waals surface area contributed by atoms with Gasteiger partial charge >= 0.3 is 0 Å². The van der Waals surface area contributed by atoms with Gasteiger partial charge in [-0.15, -0.1) is 0 Å². The Kier molecular flexibility index (Phi) is 17.4. The summed E-state index contributed by atoms with van der Waals surface area (Å²) in [5, 5.41) is 8.69. The minimum absolute atomic E-state index is 0.311. The molecule has 0 bridgehead atoms. The monoisotopic (exact) mass is 298 g/mol. The molecule has 0 heterocycles. The van der Waals surface area contributed by atoms with Crippen molar-refractivity contribution in [3.63, 3.8) is 0 Å². The van der Waals surface area contributed by atoms with E-state index in [1.165, 1.54) is 76.9 Å². The van der Waals surface area contributed by atoms with Gasteiger partial charge in [0.1, 0.15) is 6.29 Å². The van der Waals surface area contributed by atoms with Crippen molar-refractivity contribution >= 4 is 6.29 Å². The average molecular weight is 299 g/mol. The van der Waals surface area contributed by atoms with Crippen LogP contribution in [0.15, 0.2) is 0 Å². The van der Waals surface area contributed by atoms with Crippen LogP contribution in [0.3, 0.4) is 0 Å². The Labute approximate surface area is 132 Å². The van der Waals surface area contributed by atoms with Crippen LogP contribution in [0.1, 0.15) is 103 Å². The Hall–Kier alpha value is -0.370. The Morgan fingerprint density at radius 1 is 0.714 bits per heavy atom. The molecule has 0 spiro atoms. The Bertz CT molecular complexity index is 204. The van der Waals surface area contributed by atoms with Gasteiger partial charge < -0.3 is 9.90 Å². The molecule has 21 heavy (non-hydrogen) atoms. The van der Waals surface area contributed by atoms with E-state index in [0.717, 1.165) is 25.7 Å². The van der Waals surface area contributed by atoms with Crippen LogP contribution in [0.4, 0.5) is 0 Å². The molecule has 0 aliphatic rings. The Morgan fingerprint density at radius 3 is 1.57 bits per heavy atom. The fourth-order valence-electron chi connectivity index (χ4n) is 2.87. The lowest BCUT2D eigenvalue weighted by molar-refractivity contribution is -0.111. The van der Waals surface area contributed by atoms with E-state index in [2.05, 4.69) is 6.92 Å². The largest absolute Gasteiger partial charge is 0.396 e. The van der Waals surface area contributed by atoms with E-state index in [9.17, 15) is 4.79 Å². The number of carbonyl (C=O) groups is 1. The maximum atomic E-state index is 11.1. The number of carbonyl (C=O) groups excluding carboxylic acids is 1. The molecule has 0 rings (SSSR count). The first-order valence-electron chi connectivity index (χ1n) is 9.41. The molecule has 126 valence electrons. The third-order valence-corrected chi connectivity index (χ3v) is 4.35. The molecular formula is C19H38O2. The third-order valence-electron chi connectivity index (χ3n) is 4.35. The topological polar surface area (TPSA) is 37.3 Å². The van der Waals surface area contributed by atoms with Crippen molar-refractivity contribution in [3.8, 4) is 0 Å². The number of aldehydes is 1. The zero-order valence-electron chi connectivity index (χ0n) is 14.3. The van der Waals surface area contributed by atoms with Crippen LogP contribution in [0.5, 0.6) is 0 Å². The average Bonchev–Trinajstić information content (AvgIpc) is 2.51. The zero-order chi connectivity index (χ0) is 15.6. The van der Waals surface area contributed by atoms with E-state index in [1.807, 2.05) is 0 Å². The second-order valence-electron chi connectivity index (χ2n) is 6.44. The fourth-order valence-corrected chi connectivity index (χ4v) is 2.87. The van der Waals surface area contributed by atoms with Gasteiger partial charge in [0.15, 0.2) is 0 Å². The minimum atomic E-state index is 0.311. The van der Waals surface area contributed by atoms with Crippen LogP contribution in [-0.2, 0) is 4.79 Å². The Balaban J connectivity index is 3.30. The van der Waals surface area contributed by atoms with E-state index in [-0.39, 0.29) is 0 Å². The lowest BCUT2D eigenvalue weighted by atomic mass is 9.95. The highest BCUT2D eigenvalue weighted by atomic mass is 16.2. The normalized spacial score (nSPS) is 12.5. The summed E-state index contributed by atoms with van der Waals surface area (Å²) in [6.45, 7) is 2.58. The van der Waals surface area contributed by atoms with E-state index < -0.39 is 0 Å². The number of unbranched alkanes of at least 4 members (excludes halogenated alkanes) is 11. The van der Waals surface area contributed by atoms with Gasteiger partial charge in [0.05, 0.1) is 0 Å². The van der Waals surface area contributed by atoms with Crippen molar-refractivity contribution < 1.29 is 9.90 Å². The standard InChI is InChI=1S/C19H38O2/c1-2-3-4-5-9-12-15-19(18-21)16-13-10-7-6-8-11-14-17-20/h18-20H,2-17H2,1H3. The quantitative estimate of drug-likeness (QED) is 0.278. The molecule has 2 nitrogen and oxygen atoms in total. The molecular weight excluding hydrogens is 260 g/mol. The summed E-state index contributed by atoms with van der Waals surface area (Å²) in [5.74, 6) is 0.311. The molecule has 0 fully saturated rings. The summed E-state index contributed by atoms with van der Waals surface area (Å²) >= 11 is 0. The van der Waals surface area contributed by atoms with Gasteiger partial charge in [0.2, 0.25) is 0 Å². The van der Waals surface area contributed by atoms with Crippen LogP contribution < -0.4 is 0 Å². The van der Waals surface area contributed by atoms with Gasteiger partial charge in [0.25, 0.3) is 0 Å². The SMILES string of the molecule is CCCCCCCCC(C=O)CCCCCCCCCO. The van der Waals surface area contributed by atoms with Gasteiger partial charge in [-0.3, -0.25) is 0 Å². The molecule has 1 N–H and O–H groups in total. The van der Waals surface area contributed by atoms with E-state index in [0.29, 0.717) is 12.5 Å². The van der Waals surface area contributed by atoms with Crippen LogP contribution in [0.2, 0.25) is 0 Å². The maximum absolute atomic E-state index is 11.1. The number of hydrogen-bond donors (Lipinski definition) is 1. The van der Waals surface area contributed by atoms with Crippen molar-refractivity contribution in [3.05, 3.63) is 0 Å². The van der Waals surface area contributed by atoms with E-state index in [4.69, 9.17) is 5.11 Å². The second kappa shape index (κ2) is 17.7. The first kappa shape index (κ1) is 20.6. The van der Waals surface area contributed by atoms with Gasteiger partial charge in [-0.1, -0.05) is 84.0 Å². The molecule has 1 atom stereocenters. The highest BCUT2D eigenvalue weighted by Crippen LogP contribution is 2.17. The summed E-state index contributed by atoms with van der Waals surface area (Å²) in [6.07, 6.45) is 19.7. The van der Waals surface area contributed by atoms with Crippen molar-refractivity contribution in [1.82, 2.24) is 0 Å². The summed E-state index contributed by atoms with van der Waals surface area (Å²) in [6, 6.07) is 0. The third kappa shape index (κ3) is 15.8. The lowest BCUT2D eigenvalue weighted by Crippen LogP contribution is -2.02. The van der Waals surface area contributed by atoms with Crippen molar-refractivity contribution in [1.29, 1.82) is 0 Å². The summed E-state index contributed by atoms with van der Waals surface area (Å²) < 4.78 is 0. The molecule has 0 radical (unpaired) electrons. The summed E-state index contributed by atoms with van der Waals surface area (Å²) in [4.78, 5) is 11.1. The maximum Gasteiger partial charge on any atom is 0.123 e. The zero-order valence-corrected chi connectivity index (χ0v) is 14.3. The lowest BCUT2D eigenvalue weighted by Gasteiger charge is -2.10. The number of rotatable bonds is 17. The van der Waals surface area contributed by atoms with Crippen molar-refractivity contribution in [2.75, 3.05) is 6.61 Å². The number of aliphatic hydroxyl groups is 1. The Morgan fingerprint density at radius 2 is 1.14 bits per heavy atom. The van der Waals surface area contributed by atoms with Gasteiger partial charge in [0, 0.05) is 12.5 Å². The fraction of sp³-hybridized carbons (Fsp3) is 0.947.